The summed E-state index contributed by atoms with van der Waals surface area (Å²) < 4.78 is 28.1. The molecule has 1 aromatic heterocycles. The van der Waals surface area contributed by atoms with Crippen LogP contribution in [0.1, 0.15) is 5.69 Å². The molecular formula is C12H13F2N3. The number of aryl methyl sites for hydroxylation is 1. The standard InChI is InChI=1S/C12H13F2N3/c1-15-6-12-10(7-17(2)16-12)9-4-3-8(13)5-11(9)14/h3-5,7,15H,6H2,1-2H3. The molecule has 1 N–H and O–H groups in total. The Labute approximate surface area is 98.1 Å². The van der Waals surface area contributed by atoms with Gasteiger partial charge in [-0.2, -0.15) is 5.10 Å². The van der Waals surface area contributed by atoms with Crippen molar-refractivity contribution in [1.82, 2.24) is 15.1 Å². The van der Waals surface area contributed by atoms with Crippen LogP contribution in [-0.4, -0.2) is 16.8 Å². The van der Waals surface area contributed by atoms with Crippen molar-refractivity contribution in [3.05, 3.63) is 41.7 Å². The predicted molar refractivity (Wildman–Crippen MR) is 61.3 cm³/mol. The summed E-state index contributed by atoms with van der Waals surface area (Å²) in [6.07, 6.45) is 1.73. The Balaban J connectivity index is 2.51. The lowest BCUT2D eigenvalue weighted by molar-refractivity contribution is 0.585. The van der Waals surface area contributed by atoms with Crippen molar-refractivity contribution in [1.29, 1.82) is 0 Å². The zero-order valence-corrected chi connectivity index (χ0v) is 9.67. The molecule has 1 aromatic carbocycles. The minimum Gasteiger partial charge on any atom is -0.314 e. The van der Waals surface area contributed by atoms with Gasteiger partial charge in [0, 0.05) is 37.0 Å². The van der Waals surface area contributed by atoms with Crippen LogP contribution < -0.4 is 5.32 Å². The highest BCUT2D eigenvalue weighted by atomic mass is 19.1. The van der Waals surface area contributed by atoms with Gasteiger partial charge in [0.25, 0.3) is 0 Å². The molecular weight excluding hydrogens is 224 g/mol. The van der Waals surface area contributed by atoms with Crippen LogP contribution in [0.3, 0.4) is 0 Å². The van der Waals surface area contributed by atoms with E-state index >= 15 is 0 Å². The summed E-state index contributed by atoms with van der Waals surface area (Å²) in [5, 5.41) is 7.20. The summed E-state index contributed by atoms with van der Waals surface area (Å²) in [5.74, 6) is -1.15. The number of halogens is 2. The maximum Gasteiger partial charge on any atom is 0.134 e. The number of hydrogen-bond donors (Lipinski definition) is 1. The normalized spacial score (nSPS) is 10.8. The van der Waals surface area contributed by atoms with E-state index in [4.69, 9.17) is 0 Å². The number of nitrogens with zero attached hydrogens (tertiary/aromatic N) is 2. The third-order valence-electron chi connectivity index (χ3n) is 2.47. The van der Waals surface area contributed by atoms with Crippen LogP contribution in [0.4, 0.5) is 8.78 Å². The van der Waals surface area contributed by atoms with E-state index in [2.05, 4.69) is 10.4 Å². The summed E-state index contributed by atoms with van der Waals surface area (Å²) in [5.41, 5.74) is 1.78. The maximum absolute atomic E-state index is 13.7. The van der Waals surface area contributed by atoms with Crippen LogP contribution in [0.15, 0.2) is 24.4 Å². The highest BCUT2D eigenvalue weighted by Gasteiger charge is 2.13. The van der Waals surface area contributed by atoms with E-state index in [1.54, 1.807) is 25.0 Å². The second kappa shape index (κ2) is 4.63. The smallest absolute Gasteiger partial charge is 0.134 e. The first-order valence-corrected chi connectivity index (χ1v) is 5.24. The summed E-state index contributed by atoms with van der Waals surface area (Å²) >= 11 is 0. The Morgan fingerprint density at radius 3 is 2.71 bits per heavy atom. The molecule has 0 aliphatic rings. The minimum absolute atomic E-state index is 0.366. The van der Waals surface area contributed by atoms with Gasteiger partial charge >= 0.3 is 0 Å². The minimum atomic E-state index is -0.578. The Morgan fingerprint density at radius 1 is 1.29 bits per heavy atom. The highest BCUT2D eigenvalue weighted by Crippen LogP contribution is 2.26. The molecule has 90 valence electrons. The number of rotatable bonds is 3. The van der Waals surface area contributed by atoms with Gasteiger partial charge in [-0.3, -0.25) is 4.68 Å². The molecule has 0 saturated carbocycles. The lowest BCUT2D eigenvalue weighted by Gasteiger charge is -2.03. The SMILES string of the molecule is CNCc1nn(C)cc1-c1ccc(F)cc1F. The summed E-state index contributed by atoms with van der Waals surface area (Å²) in [6, 6.07) is 3.56. The molecule has 5 heteroatoms. The van der Waals surface area contributed by atoms with Crippen molar-refractivity contribution < 1.29 is 8.78 Å². The molecule has 0 fully saturated rings. The molecule has 2 aromatic rings. The molecule has 0 saturated heterocycles. The number of aromatic nitrogens is 2. The first-order chi connectivity index (χ1) is 8.11. The van der Waals surface area contributed by atoms with Crippen LogP contribution in [-0.2, 0) is 13.6 Å². The second-order valence-electron chi connectivity index (χ2n) is 3.82. The zero-order chi connectivity index (χ0) is 12.4. The van der Waals surface area contributed by atoms with E-state index in [0.29, 0.717) is 17.7 Å². The van der Waals surface area contributed by atoms with Gasteiger partial charge in [-0.1, -0.05) is 0 Å². The van der Waals surface area contributed by atoms with Crippen LogP contribution in [0.2, 0.25) is 0 Å². The van der Waals surface area contributed by atoms with E-state index in [9.17, 15) is 8.78 Å². The molecule has 1 heterocycles. The fourth-order valence-corrected chi connectivity index (χ4v) is 1.77. The summed E-state index contributed by atoms with van der Waals surface area (Å²) in [4.78, 5) is 0. The lowest BCUT2D eigenvalue weighted by Crippen LogP contribution is -2.07. The third-order valence-corrected chi connectivity index (χ3v) is 2.47. The molecule has 0 radical (unpaired) electrons. The van der Waals surface area contributed by atoms with Crippen LogP contribution >= 0.6 is 0 Å². The lowest BCUT2D eigenvalue weighted by atomic mass is 10.1. The Morgan fingerprint density at radius 2 is 2.06 bits per heavy atom. The van der Waals surface area contributed by atoms with Gasteiger partial charge in [0.2, 0.25) is 0 Å². The second-order valence-corrected chi connectivity index (χ2v) is 3.82. The Hall–Kier alpha value is -1.75. The van der Waals surface area contributed by atoms with Gasteiger partial charge in [-0.05, 0) is 19.2 Å². The fourth-order valence-electron chi connectivity index (χ4n) is 1.77. The fraction of sp³-hybridized carbons (Fsp3) is 0.250. The molecule has 0 atom stereocenters. The van der Waals surface area contributed by atoms with Gasteiger partial charge in [0.05, 0.1) is 5.69 Å². The first-order valence-electron chi connectivity index (χ1n) is 5.24. The topological polar surface area (TPSA) is 29.9 Å². The van der Waals surface area contributed by atoms with Crippen molar-refractivity contribution >= 4 is 0 Å². The monoisotopic (exact) mass is 237 g/mol. The van der Waals surface area contributed by atoms with Gasteiger partial charge in [0.1, 0.15) is 11.6 Å². The van der Waals surface area contributed by atoms with Gasteiger partial charge in [-0.25, -0.2) is 8.78 Å². The molecule has 3 nitrogen and oxygen atoms in total. The van der Waals surface area contributed by atoms with E-state index in [1.807, 2.05) is 0 Å². The summed E-state index contributed by atoms with van der Waals surface area (Å²) in [6.45, 7) is 0.535. The van der Waals surface area contributed by atoms with Crippen molar-refractivity contribution in [3.8, 4) is 11.1 Å². The van der Waals surface area contributed by atoms with Crippen molar-refractivity contribution in [2.24, 2.45) is 7.05 Å². The van der Waals surface area contributed by atoms with Crippen molar-refractivity contribution in [3.63, 3.8) is 0 Å². The quantitative estimate of drug-likeness (QED) is 0.885. The molecule has 0 spiro atoms. The van der Waals surface area contributed by atoms with Gasteiger partial charge in [0.15, 0.2) is 0 Å². The van der Waals surface area contributed by atoms with Crippen LogP contribution in [0.5, 0.6) is 0 Å². The first kappa shape index (κ1) is 11.7. The number of nitrogens with one attached hydrogen (secondary N) is 1. The zero-order valence-electron chi connectivity index (χ0n) is 9.67. The van der Waals surface area contributed by atoms with E-state index < -0.39 is 11.6 Å². The molecule has 0 unspecified atom stereocenters. The van der Waals surface area contributed by atoms with Gasteiger partial charge < -0.3 is 5.32 Å². The Bertz CT molecular complexity index is 535. The van der Waals surface area contributed by atoms with Crippen molar-refractivity contribution in [2.45, 2.75) is 6.54 Å². The number of hydrogen-bond acceptors (Lipinski definition) is 2. The van der Waals surface area contributed by atoms with E-state index in [1.165, 1.54) is 12.1 Å². The molecule has 17 heavy (non-hydrogen) atoms. The van der Waals surface area contributed by atoms with Crippen molar-refractivity contribution in [2.75, 3.05) is 7.05 Å². The van der Waals surface area contributed by atoms with Gasteiger partial charge in [-0.15, -0.1) is 0 Å². The highest BCUT2D eigenvalue weighted by molar-refractivity contribution is 5.66. The summed E-state index contributed by atoms with van der Waals surface area (Å²) in [7, 11) is 3.56. The number of benzene rings is 1. The third kappa shape index (κ3) is 2.34. The molecule has 0 amide bonds. The molecule has 2 rings (SSSR count). The van der Waals surface area contributed by atoms with E-state index in [-0.39, 0.29) is 0 Å². The average Bonchev–Trinajstić information content (AvgIpc) is 2.60. The largest absolute Gasteiger partial charge is 0.314 e. The molecule has 0 aliphatic carbocycles. The molecule has 0 bridgehead atoms. The maximum atomic E-state index is 13.7. The average molecular weight is 237 g/mol. The Kier molecular flexibility index (Phi) is 3.19. The molecule has 0 aliphatic heterocycles. The predicted octanol–water partition coefficient (Wildman–Crippen LogP) is 2.08. The van der Waals surface area contributed by atoms with Crippen LogP contribution in [0, 0.1) is 11.6 Å². The van der Waals surface area contributed by atoms with Crippen LogP contribution in [0.25, 0.3) is 11.1 Å². The van der Waals surface area contributed by atoms with E-state index in [0.717, 1.165) is 11.8 Å².